The Hall–Kier alpha value is -1.25. The minimum atomic E-state index is 0.490. The van der Waals surface area contributed by atoms with Crippen molar-refractivity contribution in [2.45, 2.75) is 40.2 Å². The van der Waals surface area contributed by atoms with E-state index in [1.807, 2.05) is 18.2 Å². The average Bonchev–Trinajstić information content (AvgIpc) is 2.26. The first-order valence-corrected chi connectivity index (χ1v) is 6.14. The predicted molar refractivity (Wildman–Crippen MR) is 70.9 cm³/mol. The van der Waals surface area contributed by atoms with Crippen LogP contribution in [-0.4, -0.2) is 17.6 Å². The van der Waals surface area contributed by atoms with Crippen molar-refractivity contribution in [2.24, 2.45) is 5.92 Å². The Kier molecular flexibility index (Phi) is 5.09. The van der Waals surface area contributed by atoms with E-state index in [-0.39, 0.29) is 0 Å². The van der Waals surface area contributed by atoms with Crippen molar-refractivity contribution < 1.29 is 0 Å². The molecule has 0 spiro atoms. The van der Waals surface area contributed by atoms with Crippen LogP contribution in [0.2, 0.25) is 0 Å². The lowest BCUT2D eigenvalue weighted by molar-refractivity contribution is 0.510. The fourth-order valence-corrected chi connectivity index (χ4v) is 1.72. The summed E-state index contributed by atoms with van der Waals surface area (Å²) in [5.41, 5.74) is 0. The molecule has 0 saturated carbocycles. The predicted octanol–water partition coefficient (Wildman–Crippen LogP) is 3.36. The van der Waals surface area contributed by atoms with Gasteiger partial charge in [-0.2, -0.15) is 0 Å². The largest absolute Gasteiger partial charge is 0.370 e. The molecular weight excluding hydrogens is 198 g/mol. The average molecular weight is 221 g/mol. The van der Waals surface area contributed by atoms with Crippen LogP contribution in [0.1, 0.15) is 34.1 Å². The van der Waals surface area contributed by atoms with Crippen LogP contribution in [0.15, 0.2) is 18.2 Å². The highest BCUT2D eigenvalue weighted by Crippen LogP contribution is 2.15. The van der Waals surface area contributed by atoms with Crippen molar-refractivity contribution in [2.75, 3.05) is 17.2 Å². The fraction of sp³-hybridized carbons (Fsp3) is 0.615. The Labute approximate surface area is 98.7 Å². The summed E-state index contributed by atoms with van der Waals surface area (Å²) in [6.45, 7) is 9.64. The summed E-state index contributed by atoms with van der Waals surface area (Å²) in [5, 5.41) is 6.69. The number of pyridine rings is 1. The molecule has 0 saturated heterocycles. The third-order valence-electron chi connectivity index (χ3n) is 2.68. The van der Waals surface area contributed by atoms with Crippen LogP contribution in [0.25, 0.3) is 0 Å². The summed E-state index contributed by atoms with van der Waals surface area (Å²) in [6, 6.07) is 6.53. The van der Waals surface area contributed by atoms with Crippen LogP contribution < -0.4 is 10.6 Å². The Morgan fingerprint density at radius 2 is 1.88 bits per heavy atom. The number of aromatic nitrogens is 1. The molecule has 1 aromatic rings. The maximum atomic E-state index is 4.51. The summed E-state index contributed by atoms with van der Waals surface area (Å²) in [5.74, 6) is 2.51. The number of nitrogens with zero attached hydrogens (tertiary/aromatic N) is 1. The zero-order valence-electron chi connectivity index (χ0n) is 10.7. The lowest BCUT2D eigenvalue weighted by Crippen LogP contribution is -2.25. The number of rotatable bonds is 6. The van der Waals surface area contributed by atoms with Gasteiger partial charge in [0.05, 0.1) is 0 Å². The smallest absolute Gasteiger partial charge is 0.128 e. The second-order valence-corrected chi connectivity index (χ2v) is 4.34. The van der Waals surface area contributed by atoms with Gasteiger partial charge in [0.25, 0.3) is 0 Å². The summed E-state index contributed by atoms with van der Waals surface area (Å²) in [4.78, 5) is 4.51. The van der Waals surface area contributed by atoms with Gasteiger partial charge in [-0.15, -0.1) is 0 Å². The molecule has 0 aliphatic carbocycles. The highest BCUT2D eigenvalue weighted by molar-refractivity contribution is 5.45. The van der Waals surface area contributed by atoms with E-state index in [2.05, 4.69) is 43.3 Å². The van der Waals surface area contributed by atoms with Gasteiger partial charge in [-0.1, -0.05) is 26.8 Å². The second kappa shape index (κ2) is 6.36. The molecule has 1 rings (SSSR count). The van der Waals surface area contributed by atoms with Gasteiger partial charge in [0.1, 0.15) is 11.6 Å². The van der Waals surface area contributed by atoms with Crippen molar-refractivity contribution in [1.82, 2.24) is 4.98 Å². The third-order valence-corrected chi connectivity index (χ3v) is 2.68. The van der Waals surface area contributed by atoms with Crippen LogP contribution in [0.3, 0.4) is 0 Å². The van der Waals surface area contributed by atoms with Crippen LogP contribution in [0.5, 0.6) is 0 Å². The molecule has 0 bridgehead atoms. The SMILES string of the molecule is CCNc1cccc(NC(CC)C(C)C)n1. The molecule has 3 nitrogen and oxygen atoms in total. The Morgan fingerprint density at radius 1 is 1.19 bits per heavy atom. The van der Waals surface area contributed by atoms with Crippen molar-refractivity contribution in [3.63, 3.8) is 0 Å². The molecule has 3 heteroatoms. The lowest BCUT2D eigenvalue weighted by atomic mass is 10.0. The molecule has 90 valence electrons. The first kappa shape index (κ1) is 12.8. The van der Waals surface area contributed by atoms with Crippen molar-refractivity contribution >= 4 is 11.6 Å². The maximum Gasteiger partial charge on any atom is 0.128 e. The highest BCUT2D eigenvalue weighted by atomic mass is 15.1. The fourth-order valence-electron chi connectivity index (χ4n) is 1.72. The molecule has 1 aromatic heterocycles. The van der Waals surface area contributed by atoms with Crippen molar-refractivity contribution in [3.8, 4) is 0 Å². The number of hydrogen-bond acceptors (Lipinski definition) is 3. The molecule has 0 fully saturated rings. The normalized spacial score (nSPS) is 12.6. The van der Waals surface area contributed by atoms with Gasteiger partial charge in [0.15, 0.2) is 0 Å². The van der Waals surface area contributed by atoms with Gasteiger partial charge < -0.3 is 10.6 Å². The quantitative estimate of drug-likeness (QED) is 0.773. The summed E-state index contributed by atoms with van der Waals surface area (Å²) < 4.78 is 0. The van der Waals surface area contributed by atoms with E-state index in [4.69, 9.17) is 0 Å². The van der Waals surface area contributed by atoms with Gasteiger partial charge in [-0.05, 0) is 31.4 Å². The molecule has 2 N–H and O–H groups in total. The topological polar surface area (TPSA) is 37.0 Å². The number of hydrogen-bond donors (Lipinski definition) is 2. The lowest BCUT2D eigenvalue weighted by Gasteiger charge is -2.21. The third kappa shape index (κ3) is 3.72. The minimum absolute atomic E-state index is 0.490. The van der Waals surface area contributed by atoms with Crippen molar-refractivity contribution in [3.05, 3.63) is 18.2 Å². The van der Waals surface area contributed by atoms with E-state index in [9.17, 15) is 0 Å². The summed E-state index contributed by atoms with van der Waals surface area (Å²) in [6.07, 6.45) is 1.12. The molecule has 0 aromatic carbocycles. The van der Waals surface area contributed by atoms with E-state index in [1.165, 1.54) is 0 Å². The summed E-state index contributed by atoms with van der Waals surface area (Å²) in [7, 11) is 0. The maximum absolute atomic E-state index is 4.51. The standard InChI is InChI=1S/C13H23N3/c1-5-11(10(3)4)15-13-9-7-8-12(16-13)14-6-2/h7-11H,5-6H2,1-4H3,(H2,14,15,16). The van der Waals surface area contributed by atoms with E-state index in [1.54, 1.807) is 0 Å². The number of anilines is 2. The monoisotopic (exact) mass is 221 g/mol. The van der Waals surface area contributed by atoms with Gasteiger partial charge in [0, 0.05) is 12.6 Å². The highest BCUT2D eigenvalue weighted by Gasteiger charge is 2.10. The van der Waals surface area contributed by atoms with Gasteiger partial charge in [-0.25, -0.2) is 4.98 Å². The molecule has 0 amide bonds. The van der Waals surface area contributed by atoms with E-state index >= 15 is 0 Å². The Bertz CT molecular complexity index is 310. The van der Waals surface area contributed by atoms with Crippen LogP contribution in [-0.2, 0) is 0 Å². The Balaban J connectivity index is 2.68. The second-order valence-electron chi connectivity index (χ2n) is 4.34. The minimum Gasteiger partial charge on any atom is -0.370 e. The van der Waals surface area contributed by atoms with Crippen LogP contribution in [0, 0.1) is 5.92 Å². The first-order chi connectivity index (χ1) is 7.67. The zero-order valence-corrected chi connectivity index (χ0v) is 10.7. The summed E-state index contributed by atoms with van der Waals surface area (Å²) >= 11 is 0. The van der Waals surface area contributed by atoms with Gasteiger partial charge in [-0.3, -0.25) is 0 Å². The van der Waals surface area contributed by atoms with Gasteiger partial charge in [0.2, 0.25) is 0 Å². The van der Waals surface area contributed by atoms with Crippen LogP contribution in [0.4, 0.5) is 11.6 Å². The van der Waals surface area contributed by atoms with E-state index in [0.717, 1.165) is 24.6 Å². The molecule has 0 aliphatic rings. The number of nitrogens with one attached hydrogen (secondary N) is 2. The van der Waals surface area contributed by atoms with Gasteiger partial charge >= 0.3 is 0 Å². The molecule has 1 atom stereocenters. The zero-order chi connectivity index (χ0) is 12.0. The molecule has 0 radical (unpaired) electrons. The Morgan fingerprint density at radius 3 is 2.44 bits per heavy atom. The molecule has 0 aliphatic heterocycles. The first-order valence-electron chi connectivity index (χ1n) is 6.14. The van der Waals surface area contributed by atoms with E-state index in [0.29, 0.717) is 12.0 Å². The molecule has 1 unspecified atom stereocenters. The molecule has 16 heavy (non-hydrogen) atoms. The van der Waals surface area contributed by atoms with E-state index < -0.39 is 0 Å². The molecular formula is C13H23N3. The van der Waals surface area contributed by atoms with Crippen molar-refractivity contribution in [1.29, 1.82) is 0 Å². The molecule has 1 heterocycles. The van der Waals surface area contributed by atoms with Crippen LogP contribution >= 0.6 is 0 Å².